The third-order valence-corrected chi connectivity index (χ3v) is 30.3. The van der Waals surface area contributed by atoms with E-state index in [0.29, 0.717) is 78.8 Å². The Hall–Kier alpha value is -11.5. The maximum atomic E-state index is 13.0. The monoisotopic (exact) mass is 2060 g/mol. The Morgan fingerprint density at radius 2 is 0.564 bits per heavy atom. The van der Waals surface area contributed by atoms with E-state index in [0.717, 1.165) is 284 Å². The fraction of sp³-hybridized carbons (Fsp3) is 0.687. The molecule has 4 N–H and O–H groups in total. The predicted octanol–water partition coefficient (Wildman–Crippen LogP) is 16.0. The van der Waals surface area contributed by atoms with E-state index < -0.39 is 11.2 Å². The van der Waals surface area contributed by atoms with Crippen molar-refractivity contribution in [3.8, 4) is 0 Å². The predicted molar refractivity (Wildman–Crippen MR) is 590 cm³/mol. The summed E-state index contributed by atoms with van der Waals surface area (Å²) in [5.41, 5.74) is 3.09. The standard InChI is InChI=1S/C24H38N4O2.C23H37N5O2.2C23H36N4O3.C22H35N5O2/c1-24(2,3)25-23(30)26(4)18-19-10-12-20(13-11-19)22(29)28-16-14-27(15-17-28)21-8-6-5-7-9-21;1-23(2,3)25-22(30)26(4)17-18-5-7-19(8-6-18)21(29)28-15-13-27(14-16-28)20-9-11-24-12-10-20;1-23(2,3)30-22(29)25(4)17-18-7-9-19(10-8-18)21(28)27-14-12-26(13-15-27)20-6-5-11-24-16-20;1-23(2,3)30-22(29)25(4)17-18-8-10-19(11-9-18)21(28)27-15-13-26(14-16-27)20-7-5-6-12-24-20;1-22(2,3)25-21(29)24-16-17-4-6-18(7-5-17)20(28)27-14-12-26(13-15-27)19-8-10-23-11-9-19/h5-9,19-20H,10-18H2,1-4H3,(H,25,30);9-12,18-19H,5-8,13-17H2,1-4H3,(H,25,30);5-6,11,16,18-19H,7-10,12-15,17H2,1-4H3;5-7,12,18-19H,8-11,13-17H2,1-4H3;8-11,17-18H,4-7,12-16H2,1-3H3,(H2,24,25,29). The molecule has 0 bridgehead atoms. The van der Waals surface area contributed by atoms with Gasteiger partial charge in [0.15, 0.2) is 0 Å². The minimum Gasteiger partial charge on any atom is -0.444 e. The summed E-state index contributed by atoms with van der Waals surface area (Å²) in [6, 6.07) is 28.3. The number of ether oxygens (including phenoxy) is 2. The molecule has 5 saturated heterocycles. The van der Waals surface area contributed by atoms with Crippen molar-refractivity contribution in [3.05, 3.63) is 128 Å². The van der Waals surface area contributed by atoms with Crippen LogP contribution in [-0.2, 0) is 33.4 Å². The second-order valence-electron chi connectivity index (χ2n) is 48.2. The average molecular weight is 2060 g/mol. The van der Waals surface area contributed by atoms with Crippen LogP contribution in [0.15, 0.2) is 128 Å². The van der Waals surface area contributed by atoms with Gasteiger partial charge in [-0.05, 0) is 323 Å². The molecule has 1 aromatic carbocycles. The Morgan fingerprint density at radius 1 is 0.289 bits per heavy atom. The van der Waals surface area contributed by atoms with Gasteiger partial charge in [0.2, 0.25) is 29.5 Å². The Bertz CT molecular complexity index is 4410. The summed E-state index contributed by atoms with van der Waals surface area (Å²) in [5, 5.41) is 11.9. The number of nitrogens with one attached hydrogen (secondary N) is 4. The maximum absolute atomic E-state index is 13.0. The molecule has 4 aromatic heterocycles. The third-order valence-electron chi connectivity index (χ3n) is 30.3. The van der Waals surface area contributed by atoms with E-state index in [1.54, 1.807) is 39.9 Å². The molecule has 0 unspecified atom stereocenters. The lowest BCUT2D eigenvalue weighted by Crippen LogP contribution is -2.51. The SMILES string of the molecule is CC(C)(C)NC(=O)NCC1CCC(C(=O)N2CCN(c3ccncc3)CC2)CC1.CN(CC1CCC(C(=O)N2CCN(c3ccccc3)CC2)CC1)C(=O)NC(C)(C)C.CN(CC1CCC(C(=O)N2CCN(c3ccccn3)CC2)CC1)C(=O)OC(C)(C)C.CN(CC1CCC(C(=O)N2CCN(c3cccnc3)CC2)CC1)C(=O)OC(C)(C)C.CN(CC1CCC(C(=O)N2CCN(c3ccncc3)CC2)CC1)C(=O)NC(C)(C)C. The van der Waals surface area contributed by atoms with E-state index in [9.17, 15) is 47.9 Å². The van der Waals surface area contributed by atoms with Crippen LogP contribution in [0.2, 0.25) is 0 Å². The molecule has 10 fully saturated rings. The van der Waals surface area contributed by atoms with E-state index in [2.05, 4.69) is 101 Å². The highest BCUT2D eigenvalue weighted by atomic mass is 16.6. The van der Waals surface area contributed by atoms with Gasteiger partial charge < -0.3 is 99.3 Å². The summed E-state index contributed by atoms with van der Waals surface area (Å²) >= 11 is 0. The summed E-state index contributed by atoms with van der Waals surface area (Å²) in [7, 11) is 7.32. The van der Waals surface area contributed by atoms with Gasteiger partial charge in [0.25, 0.3) is 0 Å². The number of benzene rings is 1. The molecule has 149 heavy (non-hydrogen) atoms. The molecule has 34 heteroatoms. The van der Waals surface area contributed by atoms with Gasteiger partial charge in [0, 0.05) is 292 Å². The van der Waals surface area contributed by atoms with Crippen LogP contribution in [-0.4, -0.2) is 343 Å². The molecular weight excluding hydrogens is 1880 g/mol. The van der Waals surface area contributed by atoms with Crippen molar-refractivity contribution in [2.24, 2.45) is 59.2 Å². The van der Waals surface area contributed by atoms with Gasteiger partial charge in [-0.25, -0.2) is 29.0 Å². The highest BCUT2D eigenvalue weighted by Gasteiger charge is 2.40. The summed E-state index contributed by atoms with van der Waals surface area (Å²) in [6.45, 7) is 49.3. The number of piperazine rings is 5. The van der Waals surface area contributed by atoms with E-state index in [1.807, 2.05) is 229 Å². The van der Waals surface area contributed by atoms with Gasteiger partial charge >= 0.3 is 30.3 Å². The molecule has 5 aromatic rings. The minimum atomic E-state index is -0.476. The largest absolute Gasteiger partial charge is 0.444 e. The lowest BCUT2D eigenvalue weighted by atomic mass is 9.81. The van der Waals surface area contributed by atoms with Crippen molar-refractivity contribution < 1.29 is 57.4 Å². The Balaban J connectivity index is 0.000000177. The second kappa shape index (κ2) is 56.0. The number of hydrogen-bond acceptors (Lipinski definition) is 21. The smallest absolute Gasteiger partial charge is 0.410 e. The first-order chi connectivity index (χ1) is 70.7. The molecule has 5 aliphatic heterocycles. The number of amides is 13. The summed E-state index contributed by atoms with van der Waals surface area (Å²) < 4.78 is 10.9. The first kappa shape index (κ1) is 118. The number of urea groups is 3. The number of pyridine rings is 4. The summed E-state index contributed by atoms with van der Waals surface area (Å²) in [5.74, 6) is 5.55. The van der Waals surface area contributed by atoms with Crippen molar-refractivity contribution in [1.29, 1.82) is 0 Å². The van der Waals surface area contributed by atoms with Gasteiger partial charge in [0.1, 0.15) is 17.0 Å². The van der Waals surface area contributed by atoms with Crippen LogP contribution in [0, 0.1) is 59.2 Å². The molecule has 5 saturated carbocycles. The van der Waals surface area contributed by atoms with Crippen LogP contribution in [0.1, 0.15) is 232 Å². The Labute approximate surface area is 890 Å². The molecule has 34 nitrogen and oxygen atoms in total. The van der Waals surface area contributed by atoms with Crippen molar-refractivity contribution in [2.75, 3.05) is 216 Å². The average Bonchev–Trinajstić information content (AvgIpc) is 0.847. The van der Waals surface area contributed by atoms with Gasteiger partial charge in [-0.1, -0.05) is 24.3 Å². The number of carbonyl (C=O) groups is 10. The van der Waals surface area contributed by atoms with Crippen LogP contribution in [0.25, 0.3) is 0 Å². The van der Waals surface area contributed by atoms with Gasteiger partial charge in [-0.15, -0.1) is 0 Å². The molecule has 15 rings (SSSR count). The molecular formula is C115H182N22O12. The third kappa shape index (κ3) is 39.4. The van der Waals surface area contributed by atoms with Crippen LogP contribution in [0.4, 0.5) is 52.5 Å². The Kier molecular flexibility index (Phi) is 44.3. The first-order valence-corrected chi connectivity index (χ1v) is 55.6. The van der Waals surface area contributed by atoms with Crippen molar-refractivity contribution in [2.45, 2.75) is 260 Å². The molecule has 0 spiro atoms. The van der Waals surface area contributed by atoms with Crippen molar-refractivity contribution in [1.82, 2.24) is 85.3 Å². The number of rotatable bonds is 20. The number of aromatic nitrogens is 4. The van der Waals surface area contributed by atoms with Gasteiger partial charge in [0.05, 0.1) is 11.9 Å². The van der Waals surface area contributed by atoms with Crippen LogP contribution < -0.4 is 45.8 Å². The maximum Gasteiger partial charge on any atom is 0.410 e. The van der Waals surface area contributed by atoms with E-state index in [-0.39, 0.29) is 76.5 Å². The molecule has 824 valence electrons. The number of hydrogen-bond donors (Lipinski definition) is 4. The molecule has 0 atom stereocenters. The lowest BCUT2D eigenvalue weighted by Gasteiger charge is -2.39. The van der Waals surface area contributed by atoms with Gasteiger partial charge in [-0.2, -0.15) is 0 Å². The highest BCUT2D eigenvalue weighted by molar-refractivity contribution is 5.83. The second-order valence-corrected chi connectivity index (χ2v) is 48.2. The Morgan fingerprint density at radius 3 is 0.846 bits per heavy atom. The zero-order valence-electron chi connectivity index (χ0n) is 93.7. The first-order valence-electron chi connectivity index (χ1n) is 55.6. The zero-order valence-corrected chi connectivity index (χ0v) is 93.7. The molecule has 13 amide bonds. The zero-order chi connectivity index (χ0) is 108. The van der Waals surface area contributed by atoms with Crippen molar-refractivity contribution >= 4 is 88.4 Å². The fourth-order valence-corrected chi connectivity index (χ4v) is 22.0. The summed E-state index contributed by atoms with van der Waals surface area (Å²) in [6.07, 6.45) is 31.4. The number of para-hydroxylation sites is 1. The number of carbonyl (C=O) groups excluding carboxylic acids is 10. The van der Waals surface area contributed by atoms with E-state index in [1.165, 1.54) is 17.1 Å². The normalized spacial score (nSPS) is 22.6. The number of anilines is 5. The quantitative estimate of drug-likeness (QED) is 0.0562. The molecule has 0 radical (unpaired) electrons. The van der Waals surface area contributed by atoms with Crippen LogP contribution >= 0.6 is 0 Å². The molecule has 5 aliphatic carbocycles. The minimum absolute atomic E-state index is 0.0167. The molecule has 10 aliphatic rings. The number of nitrogens with zero attached hydrogens (tertiary/aromatic N) is 18. The van der Waals surface area contributed by atoms with Crippen molar-refractivity contribution in [3.63, 3.8) is 0 Å². The van der Waals surface area contributed by atoms with E-state index in [4.69, 9.17) is 9.47 Å². The fourth-order valence-electron chi connectivity index (χ4n) is 22.0. The van der Waals surface area contributed by atoms with Gasteiger partial charge in [-0.3, -0.25) is 38.9 Å². The van der Waals surface area contributed by atoms with Crippen LogP contribution in [0.3, 0.4) is 0 Å². The van der Waals surface area contributed by atoms with E-state index >= 15 is 0 Å². The topological polar surface area (TPSA) is 334 Å². The van der Waals surface area contributed by atoms with Crippen LogP contribution in [0.5, 0.6) is 0 Å². The summed E-state index contributed by atoms with van der Waals surface area (Å²) in [4.78, 5) is 171. The highest BCUT2D eigenvalue weighted by Crippen LogP contribution is 2.38. The lowest BCUT2D eigenvalue weighted by molar-refractivity contribution is -0.138. The molecule has 9 heterocycles.